The van der Waals surface area contributed by atoms with E-state index in [1.165, 1.54) is 5.56 Å². The van der Waals surface area contributed by atoms with Crippen molar-refractivity contribution in [2.45, 2.75) is 44.6 Å². The zero-order valence-electron chi connectivity index (χ0n) is 11.6. The maximum absolute atomic E-state index is 12.3. The first kappa shape index (κ1) is 14.6. The SMILES string of the molecule is O=C(O)CCCCC(=O)N1CCCC1c1ccccc1. The van der Waals surface area contributed by atoms with Crippen molar-refractivity contribution in [2.75, 3.05) is 6.54 Å². The number of aliphatic carboxylic acids is 1. The molecule has 1 atom stereocenters. The highest BCUT2D eigenvalue weighted by Gasteiger charge is 2.29. The van der Waals surface area contributed by atoms with Gasteiger partial charge in [-0.2, -0.15) is 0 Å². The van der Waals surface area contributed by atoms with E-state index in [1.807, 2.05) is 23.1 Å². The summed E-state index contributed by atoms with van der Waals surface area (Å²) < 4.78 is 0. The van der Waals surface area contributed by atoms with Gasteiger partial charge in [0.15, 0.2) is 0 Å². The third kappa shape index (κ3) is 3.83. The van der Waals surface area contributed by atoms with Crippen molar-refractivity contribution in [1.29, 1.82) is 0 Å². The molecule has 4 nitrogen and oxygen atoms in total. The Bertz CT molecular complexity index is 458. The summed E-state index contributed by atoms with van der Waals surface area (Å²) in [5, 5.41) is 8.59. The van der Waals surface area contributed by atoms with Crippen LogP contribution < -0.4 is 0 Å². The van der Waals surface area contributed by atoms with Gasteiger partial charge in [0.05, 0.1) is 6.04 Å². The Balaban J connectivity index is 1.87. The molecule has 1 heterocycles. The predicted molar refractivity (Wildman–Crippen MR) is 76.2 cm³/mol. The van der Waals surface area contributed by atoms with E-state index < -0.39 is 5.97 Å². The lowest BCUT2D eigenvalue weighted by Crippen LogP contribution is -2.30. The van der Waals surface area contributed by atoms with E-state index in [0.29, 0.717) is 19.3 Å². The molecule has 0 radical (unpaired) electrons. The molecule has 1 aromatic carbocycles. The van der Waals surface area contributed by atoms with Gasteiger partial charge in [0.1, 0.15) is 0 Å². The number of unbranched alkanes of at least 4 members (excludes halogenated alkanes) is 1. The van der Waals surface area contributed by atoms with Crippen molar-refractivity contribution in [3.05, 3.63) is 35.9 Å². The van der Waals surface area contributed by atoms with E-state index in [-0.39, 0.29) is 18.4 Å². The zero-order valence-corrected chi connectivity index (χ0v) is 11.6. The number of carbonyl (C=O) groups is 2. The molecule has 4 heteroatoms. The topological polar surface area (TPSA) is 57.6 Å². The summed E-state index contributed by atoms with van der Waals surface area (Å²) in [5.41, 5.74) is 1.20. The summed E-state index contributed by atoms with van der Waals surface area (Å²) in [5.74, 6) is -0.637. The average Bonchev–Trinajstić information content (AvgIpc) is 2.93. The van der Waals surface area contributed by atoms with Crippen LogP contribution in [-0.4, -0.2) is 28.4 Å². The van der Waals surface area contributed by atoms with Crippen molar-refractivity contribution in [2.24, 2.45) is 0 Å². The summed E-state index contributed by atoms with van der Waals surface area (Å²) in [7, 11) is 0. The van der Waals surface area contributed by atoms with E-state index in [0.717, 1.165) is 19.4 Å². The van der Waals surface area contributed by atoms with Crippen molar-refractivity contribution < 1.29 is 14.7 Å². The van der Waals surface area contributed by atoms with Crippen LogP contribution in [0.1, 0.15) is 50.1 Å². The van der Waals surface area contributed by atoms with Crippen LogP contribution in [0.2, 0.25) is 0 Å². The summed E-state index contributed by atoms with van der Waals surface area (Å²) in [6, 6.07) is 10.3. The van der Waals surface area contributed by atoms with Crippen LogP contribution in [0.4, 0.5) is 0 Å². The van der Waals surface area contributed by atoms with Gasteiger partial charge in [0.25, 0.3) is 0 Å². The largest absolute Gasteiger partial charge is 0.481 e. The molecule has 108 valence electrons. The van der Waals surface area contributed by atoms with E-state index in [2.05, 4.69) is 12.1 Å². The van der Waals surface area contributed by atoms with Crippen LogP contribution in [0.15, 0.2) is 30.3 Å². The Morgan fingerprint density at radius 3 is 2.55 bits per heavy atom. The molecule has 1 aliphatic rings. The van der Waals surface area contributed by atoms with Gasteiger partial charge in [-0.25, -0.2) is 0 Å². The third-order valence-corrected chi connectivity index (χ3v) is 3.79. The van der Waals surface area contributed by atoms with Crippen LogP contribution in [0, 0.1) is 0 Å². The molecule has 1 aliphatic heterocycles. The molecule has 1 unspecified atom stereocenters. The molecular weight excluding hydrogens is 254 g/mol. The van der Waals surface area contributed by atoms with Crippen molar-refractivity contribution in [3.63, 3.8) is 0 Å². The Hall–Kier alpha value is -1.84. The molecule has 0 spiro atoms. The highest BCUT2D eigenvalue weighted by Crippen LogP contribution is 2.32. The Labute approximate surface area is 119 Å². The lowest BCUT2D eigenvalue weighted by Gasteiger charge is -2.25. The summed E-state index contributed by atoms with van der Waals surface area (Å²) in [4.78, 5) is 24.6. The second-order valence-corrected chi connectivity index (χ2v) is 5.26. The van der Waals surface area contributed by atoms with Gasteiger partial charge < -0.3 is 10.0 Å². The Kier molecular flexibility index (Phi) is 5.16. The van der Waals surface area contributed by atoms with Crippen LogP contribution in [0.5, 0.6) is 0 Å². The Morgan fingerprint density at radius 2 is 1.85 bits per heavy atom. The highest BCUT2D eigenvalue weighted by atomic mass is 16.4. The summed E-state index contributed by atoms with van der Waals surface area (Å²) >= 11 is 0. The first-order chi connectivity index (χ1) is 9.68. The fourth-order valence-corrected chi connectivity index (χ4v) is 2.78. The number of nitrogens with zero attached hydrogens (tertiary/aromatic N) is 1. The van der Waals surface area contributed by atoms with Gasteiger partial charge in [-0.05, 0) is 31.2 Å². The number of rotatable bonds is 6. The van der Waals surface area contributed by atoms with Crippen molar-refractivity contribution >= 4 is 11.9 Å². The number of likely N-dealkylation sites (tertiary alicyclic amines) is 1. The monoisotopic (exact) mass is 275 g/mol. The second kappa shape index (κ2) is 7.08. The van der Waals surface area contributed by atoms with Crippen LogP contribution in [0.25, 0.3) is 0 Å². The molecule has 1 fully saturated rings. The normalized spacial score (nSPS) is 18.2. The molecule has 0 aliphatic carbocycles. The van der Waals surface area contributed by atoms with E-state index in [9.17, 15) is 9.59 Å². The molecule has 0 aromatic heterocycles. The molecule has 2 rings (SSSR count). The predicted octanol–water partition coefficient (Wildman–Crippen LogP) is 3.00. The van der Waals surface area contributed by atoms with Crippen LogP contribution in [-0.2, 0) is 9.59 Å². The van der Waals surface area contributed by atoms with Gasteiger partial charge in [-0.15, -0.1) is 0 Å². The van der Waals surface area contributed by atoms with Crippen molar-refractivity contribution in [3.8, 4) is 0 Å². The van der Waals surface area contributed by atoms with Gasteiger partial charge in [-0.3, -0.25) is 9.59 Å². The first-order valence-electron chi connectivity index (χ1n) is 7.24. The number of carbonyl (C=O) groups excluding carboxylic acids is 1. The van der Waals surface area contributed by atoms with Gasteiger partial charge in [0.2, 0.25) is 5.91 Å². The number of amides is 1. The number of hydrogen-bond acceptors (Lipinski definition) is 2. The Morgan fingerprint density at radius 1 is 1.15 bits per heavy atom. The number of carboxylic acid groups (broad SMARTS) is 1. The quantitative estimate of drug-likeness (QED) is 0.812. The minimum atomic E-state index is -0.791. The minimum Gasteiger partial charge on any atom is -0.481 e. The molecule has 0 saturated carbocycles. The fourth-order valence-electron chi connectivity index (χ4n) is 2.78. The molecule has 1 N–H and O–H groups in total. The second-order valence-electron chi connectivity index (χ2n) is 5.26. The molecule has 0 bridgehead atoms. The van der Waals surface area contributed by atoms with E-state index in [4.69, 9.17) is 5.11 Å². The number of benzene rings is 1. The summed E-state index contributed by atoms with van der Waals surface area (Å²) in [6.07, 6.45) is 3.89. The lowest BCUT2D eigenvalue weighted by molar-refractivity contribution is -0.137. The smallest absolute Gasteiger partial charge is 0.303 e. The molecule has 1 saturated heterocycles. The fraction of sp³-hybridized carbons (Fsp3) is 0.500. The summed E-state index contributed by atoms with van der Waals surface area (Å²) in [6.45, 7) is 0.817. The molecular formula is C16H21NO3. The molecule has 1 aromatic rings. The standard InChI is InChI=1S/C16H21NO3/c18-15(10-4-5-11-16(19)20)17-12-6-9-14(17)13-7-2-1-3-8-13/h1-3,7-8,14H,4-6,9-12H2,(H,19,20). The average molecular weight is 275 g/mol. The van der Waals surface area contributed by atoms with Crippen molar-refractivity contribution in [1.82, 2.24) is 4.90 Å². The van der Waals surface area contributed by atoms with Crippen LogP contribution in [0.3, 0.4) is 0 Å². The zero-order chi connectivity index (χ0) is 14.4. The number of hydrogen-bond donors (Lipinski definition) is 1. The van der Waals surface area contributed by atoms with Gasteiger partial charge in [0, 0.05) is 19.4 Å². The number of carboxylic acids is 1. The third-order valence-electron chi connectivity index (χ3n) is 3.79. The minimum absolute atomic E-state index is 0.148. The maximum atomic E-state index is 12.3. The van der Waals surface area contributed by atoms with E-state index >= 15 is 0 Å². The lowest BCUT2D eigenvalue weighted by atomic mass is 10.0. The van der Waals surface area contributed by atoms with Crippen LogP contribution >= 0.6 is 0 Å². The van der Waals surface area contributed by atoms with Gasteiger partial charge in [-0.1, -0.05) is 30.3 Å². The molecule has 20 heavy (non-hydrogen) atoms. The highest BCUT2D eigenvalue weighted by molar-refractivity contribution is 5.77. The van der Waals surface area contributed by atoms with Gasteiger partial charge >= 0.3 is 5.97 Å². The first-order valence-corrected chi connectivity index (χ1v) is 7.24. The molecule has 1 amide bonds. The maximum Gasteiger partial charge on any atom is 0.303 e. The van der Waals surface area contributed by atoms with E-state index in [1.54, 1.807) is 0 Å².